The van der Waals surface area contributed by atoms with Gasteiger partial charge in [-0.25, -0.2) is 9.48 Å². The highest BCUT2D eigenvalue weighted by Crippen LogP contribution is 2.12. The van der Waals surface area contributed by atoms with Gasteiger partial charge in [0.05, 0.1) is 0 Å². The Bertz CT molecular complexity index is 795. The van der Waals surface area contributed by atoms with E-state index in [0.29, 0.717) is 13.1 Å². The number of amides is 1. The van der Waals surface area contributed by atoms with Crippen LogP contribution in [0.4, 0.5) is 0 Å². The van der Waals surface area contributed by atoms with Crippen LogP contribution in [0.3, 0.4) is 0 Å². The first kappa shape index (κ1) is 18.8. The lowest BCUT2D eigenvalue weighted by Crippen LogP contribution is -2.34. The summed E-state index contributed by atoms with van der Waals surface area (Å²) in [5, 5.41) is 7.22. The third-order valence-corrected chi connectivity index (χ3v) is 5.56. The van der Waals surface area contributed by atoms with Crippen LogP contribution >= 0.6 is 11.8 Å². The maximum absolute atomic E-state index is 12.3. The summed E-state index contributed by atoms with van der Waals surface area (Å²) in [6.07, 6.45) is 4.01. The average molecular weight is 375 g/mol. The van der Waals surface area contributed by atoms with Crippen LogP contribution in [-0.2, 0) is 30.1 Å². The quantitative estimate of drug-likeness (QED) is 0.754. The molecule has 0 fully saturated rings. The van der Waals surface area contributed by atoms with Crippen LogP contribution in [0.25, 0.3) is 0 Å². The van der Waals surface area contributed by atoms with E-state index in [1.54, 1.807) is 16.3 Å². The average Bonchev–Trinajstić information content (AvgIpc) is 2.79. The van der Waals surface area contributed by atoms with E-state index >= 15 is 0 Å². The minimum Gasteiger partial charge on any atom is -0.354 e. The molecule has 1 aliphatic rings. The first-order valence-electron chi connectivity index (χ1n) is 9.20. The molecule has 3 rings (SSSR count). The molecule has 6 nitrogen and oxygen atoms in total. The van der Waals surface area contributed by atoms with Crippen LogP contribution in [0, 0.1) is 6.92 Å². The molecule has 0 atom stereocenters. The first-order chi connectivity index (χ1) is 12.6. The van der Waals surface area contributed by atoms with E-state index in [4.69, 9.17) is 0 Å². The van der Waals surface area contributed by atoms with Crippen molar-refractivity contribution in [2.75, 3.05) is 12.3 Å². The van der Waals surface area contributed by atoms with Gasteiger partial charge >= 0.3 is 5.69 Å². The molecule has 1 aliphatic heterocycles. The highest BCUT2D eigenvalue weighted by atomic mass is 32.2. The summed E-state index contributed by atoms with van der Waals surface area (Å²) in [6.45, 7) is 3.39. The number of aromatic nitrogens is 3. The molecule has 7 heteroatoms. The molecule has 0 spiro atoms. The summed E-state index contributed by atoms with van der Waals surface area (Å²) in [7, 11) is 0. The van der Waals surface area contributed by atoms with Gasteiger partial charge in [-0.2, -0.15) is 16.9 Å². The summed E-state index contributed by atoms with van der Waals surface area (Å²) >= 11 is 1.79. The molecule has 0 aliphatic carbocycles. The molecule has 0 saturated carbocycles. The Morgan fingerprint density at radius 3 is 2.85 bits per heavy atom. The van der Waals surface area contributed by atoms with Gasteiger partial charge < -0.3 is 5.32 Å². The number of fused-ring (bicyclic) bond motifs is 1. The minimum atomic E-state index is -0.161. The number of hydrogen-bond acceptors (Lipinski definition) is 4. The van der Waals surface area contributed by atoms with Crippen LogP contribution in [0.2, 0.25) is 0 Å². The van der Waals surface area contributed by atoms with E-state index in [2.05, 4.69) is 41.6 Å². The first-order valence-corrected chi connectivity index (χ1v) is 10.4. The highest BCUT2D eigenvalue weighted by molar-refractivity contribution is 7.98. The van der Waals surface area contributed by atoms with E-state index in [-0.39, 0.29) is 18.1 Å². The fourth-order valence-corrected chi connectivity index (χ4v) is 3.88. The van der Waals surface area contributed by atoms with Crippen molar-refractivity contribution in [3.8, 4) is 0 Å². The number of thioether (sulfide) groups is 1. The molecule has 26 heavy (non-hydrogen) atoms. The number of benzene rings is 1. The van der Waals surface area contributed by atoms with Crippen molar-refractivity contribution in [2.24, 2.45) is 0 Å². The molecule has 140 valence electrons. The summed E-state index contributed by atoms with van der Waals surface area (Å²) in [5.41, 5.74) is 2.39. The van der Waals surface area contributed by atoms with Crippen LogP contribution in [-0.4, -0.2) is 32.6 Å². The van der Waals surface area contributed by atoms with E-state index in [0.717, 1.165) is 43.0 Å². The Kier molecular flexibility index (Phi) is 6.55. The molecular formula is C19H26N4O2S. The molecule has 1 aromatic heterocycles. The van der Waals surface area contributed by atoms with Gasteiger partial charge in [0, 0.05) is 31.0 Å². The SMILES string of the molecule is Cc1ccc(CSCCNC(=O)Cn2nc3n(c2=O)CCCCC3)cc1. The van der Waals surface area contributed by atoms with Crippen LogP contribution in [0.15, 0.2) is 29.1 Å². The lowest BCUT2D eigenvalue weighted by Gasteiger charge is -2.05. The highest BCUT2D eigenvalue weighted by Gasteiger charge is 2.16. The lowest BCUT2D eigenvalue weighted by molar-refractivity contribution is -0.121. The zero-order chi connectivity index (χ0) is 18.4. The van der Waals surface area contributed by atoms with E-state index in [1.165, 1.54) is 15.8 Å². The van der Waals surface area contributed by atoms with Crippen molar-refractivity contribution in [3.05, 3.63) is 51.7 Å². The van der Waals surface area contributed by atoms with Crippen molar-refractivity contribution in [1.29, 1.82) is 0 Å². The van der Waals surface area contributed by atoms with Crippen molar-refractivity contribution < 1.29 is 4.79 Å². The largest absolute Gasteiger partial charge is 0.354 e. The predicted octanol–water partition coefficient (Wildman–Crippen LogP) is 2.13. The lowest BCUT2D eigenvalue weighted by atomic mass is 10.2. The zero-order valence-electron chi connectivity index (χ0n) is 15.2. The van der Waals surface area contributed by atoms with Crippen LogP contribution in [0.1, 0.15) is 36.2 Å². The fourth-order valence-electron chi connectivity index (χ4n) is 3.06. The molecule has 0 radical (unpaired) electrons. The molecule has 1 aromatic carbocycles. The number of nitrogens with zero attached hydrogens (tertiary/aromatic N) is 3. The third kappa shape index (κ3) is 5.00. The van der Waals surface area contributed by atoms with Gasteiger partial charge in [-0.15, -0.1) is 0 Å². The normalized spacial score (nSPS) is 13.9. The minimum absolute atomic E-state index is 0.00145. The van der Waals surface area contributed by atoms with Gasteiger partial charge in [-0.3, -0.25) is 9.36 Å². The number of hydrogen-bond donors (Lipinski definition) is 1. The Morgan fingerprint density at radius 2 is 2.04 bits per heavy atom. The summed E-state index contributed by atoms with van der Waals surface area (Å²) in [6, 6.07) is 8.50. The van der Waals surface area contributed by atoms with Crippen molar-refractivity contribution >= 4 is 17.7 Å². The van der Waals surface area contributed by atoms with Gasteiger partial charge in [-0.1, -0.05) is 36.2 Å². The molecule has 0 bridgehead atoms. The summed E-state index contributed by atoms with van der Waals surface area (Å²) in [4.78, 5) is 24.4. The van der Waals surface area contributed by atoms with E-state index in [1.807, 2.05) is 0 Å². The number of aryl methyl sites for hydroxylation is 2. The van der Waals surface area contributed by atoms with Gasteiger partial charge in [0.15, 0.2) is 0 Å². The molecule has 1 amide bonds. The molecule has 1 N–H and O–H groups in total. The summed E-state index contributed by atoms with van der Waals surface area (Å²) in [5.74, 6) is 2.43. The number of carbonyl (C=O) groups is 1. The van der Waals surface area contributed by atoms with E-state index < -0.39 is 0 Å². The second-order valence-electron chi connectivity index (χ2n) is 6.71. The van der Waals surface area contributed by atoms with Crippen molar-refractivity contribution in [3.63, 3.8) is 0 Å². The monoisotopic (exact) mass is 374 g/mol. The number of nitrogens with one attached hydrogen (secondary N) is 1. The van der Waals surface area contributed by atoms with Gasteiger partial charge in [-0.05, 0) is 25.3 Å². The Hall–Kier alpha value is -2.02. The number of carbonyl (C=O) groups excluding carboxylic acids is 1. The predicted molar refractivity (Wildman–Crippen MR) is 104 cm³/mol. The van der Waals surface area contributed by atoms with Crippen molar-refractivity contribution in [2.45, 2.75) is 51.4 Å². The second kappa shape index (κ2) is 9.07. The molecular weight excluding hydrogens is 348 g/mol. The zero-order valence-corrected chi connectivity index (χ0v) is 16.1. The molecule has 2 heterocycles. The van der Waals surface area contributed by atoms with E-state index in [9.17, 15) is 9.59 Å². The number of rotatable bonds is 7. The smallest absolute Gasteiger partial charge is 0.346 e. The van der Waals surface area contributed by atoms with Gasteiger partial charge in [0.1, 0.15) is 12.4 Å². The fraction of sp³-hybridized carbons (Fsp3) is 0.526. The summed E-state index contributed by atoms with van der Waals surface area (Å²) < 4.78 is 3.02. The van der Waals surface area contributed by atoms with Crippen LogP contribution < -0.4 is 11.0 Å². The third-order valence-electron chi connectivity index (χ3n) is 4.53. The Morgan fingerprint density at radius 1 is 1.23 bits per heavy atom. The van der Waals surface area contributed by atoms with Gasteiger partial charge in [0.2, 0.25) is 5.91 Å². The second-order valence-corrected chi connectivity index (χ2v) is 7.81. The van der Waals surface area contributed by atoms with Gasteiger partial charge in [0.25, 0.3) is 0 Å². The topological polar surface area (TPSA) is 68.9 Å². The maximum Gasteiger partial charge on any atom is 0.346 e. The molecule has 0 saturated heterocycles. The van der Waals surface area contributed by atoms with Crippen LogP contribution in [0.5, 0.6) is 0 Å². The van der Waals surface area contributed by atoms with Crippen molar-refractivity contribution in [1.82, 2.24) is 19.7 Å². The maximum atomic E-state index is 12.3. The standard InChI is InChI=1S/C19H26N4O2S/c1-15-6-8-16(9-7-15)14-26-12-10-20-18(24)13-23-19(25)22-11-4-2-3-5-17(22)21-23/h6-9H,2-5,10-14H2,1H3,(H,20,24). The Balaban J connectivity index is 1.40. The molecule has 0 unspecified atom stereocenters. The Labute approximate surface area is 158 Å². The molecule has 2 aromatic rings.